The number of aryl methyl sites for hydroxylation is 2. The molecule has 0 radical (unpaired) electrons. The summed E-state index contributed by atoms with van der Waals surface area (Å²) in [6, 6.07) is 13.2. The van der Waals surface area contributed by atoms with E-state index in [2.05, 4.69) is 5.32 Å². The van der Waals surface area contributed by atoms with Crippen LogP contribution in [0.1, 0.15) is 27.0 Å². The van der Waals surface area contributed by atoms with Crippen LogP contribution in [0.2, 0.25) is 0 Å². The molecule has 0 aliphatic heterocycles. The fourth-order valence-corrected chi connectivity index (χ4v) is 1.87. The molecular weight excluding hydrogens is 236 g/mol. The van der Waals surface area contributed by atoms with Crippen molar-refractivity contribution in [3.63, 3.8) is 0 Å². The lowest BCUT2D eigenvalue weighted by Crippen LogP contribution is -2.22. The molecule has 3 heteroatoms. The summed E-state index contributed by atoms with van der Waals surface area (Å²) in [6.07, 6.45) is 0. The van der Waals surface area contributed by atoms with Crippen molar-refractivity contribution >= 4 is 11.6 Å². The third-order valence-corrected chi connectivity index (χ3v) is 3.17. The third-order valence-electron chi connectivity index (χ3n) is 3.17. The van der Waals surface area contributed by atoms with Gasteiger partial charge in [-0.3, -0.25) is 4.79 Å². The van der Waals surface area contributed by atoms with E-state index in [4.69, 9.17) is 5.73 Å². The Morgan fingerprint density at radius 3 is 2.58 bits per heavy atom. The Balaban J connectivity index is 2.03. The van der Waals surface area contributed by atoms with Gasteiger partial charge in [0.2, 0.25) is 0 Å². The number of rotatable bonds is 3. The van der Waals surface area contributed by atoms with Crippen LogP contribution in [-0.2, 0) is 6.54 Å². The molecule has 2 aromatic rings. The van der Waals surface area contributed by atoms with Crippen molar-refractivity contribution in [2.24, 2.45) is 0 Å². The van der Waals surface area contributed by atoms with Crippen LogP contribution in [-0.4, -0.2) is 5.91 Å². The van der Waals surface area contributed by atoms with E-state index in [9.17, 15) is 4.79 Å². The number of carbonyl (C=O) groups is 1. The normalized spacial score (nSPS) is 10.2. The van der Waals surface area contributed by atoms with Crippen LogP contribution < -0.4 is 11.1 Å². The summed E-state index contributed by atoms with van der Waals surface area (Å²) in [5, 5.41) is 2.89. The van der Waals surface area contributed by atoms with Gasteiger partial charge in [-0.2, -0.15) is 0 Å². The fourth-order valence-electron chi connectivity index (χ4n) is 1.87. The molecule has 98 valence electrons. The standard InChI is InChI=1S/C16H18N2O/c1-11-6-7-14(8-12(11)2)16(19)18-10-13-4-3-5-15(17)9-13/h3-9H,10,17H2,1-2H3,(H,18,19). The Morgan fingerprint density at radius 1 is 1.11 bits per heavy atom. The maximum Gasteiger partial charge on any atom is 0.251 e. The van der Waals surface area contributed by atoms with E-state index >= 15 is 0 Å². The largest absolute Gasteiger partial charge is 0.399 e. The molecule has 0 heterocycles. The second-order valence-corrected chi connectivity index (χ2v) is 4.73. The zero-order valence-electron chi connectivity index (χ0n) is 11.2. The molecule has 2 rings (SSSR count). The molecule has 0 atom stereocenters. The molecule has 3 N–H and O–H groups in total. The monoisotopic (exact) mass is 254 g/mol. The van der Waals surface area contributed by atoms with Gasteiger partial charge in [0, 0.05) is 17.8 Å². The lowest BCUT2D eigenvalue weighted by atomic mass is 10.1. The number of amides is 1. The lowest BCUT2D eigenvalue weighted by molar-refractivity contribution is 0.0951. The van der Waals surface area contributed by atoms with Gasteiger partial charge in [-0.05, 0) is 54.8 Å². The molecule has 19 heavy (non-hydrogen) atoms. The molecule has 0 aromatic heterocycles. The second kappa shape index (κ2) is 5.57. The van der Waals surface area contributed by atoms with Crippen LogP contribution in [0.15, 0.2) is 42.5 Å². The van der Waals surface area contributed by atoms with Crippen molar-refractivity contribution in [3.05, 3.63) is 64.7 Å². The van der Waals surface area contributed by atoms with E-state index in [1.165, 1.54) is 5.56 Å². The van der Waals surface area contributed by atoms with Gasteiger partial charge in [0.1, 0.15) is 0 Å². The molecule has 1 amide bonds. The predicted octanol–water partition coefficient (Wildman–Crippen LogP) is 2.82. The summed E-state index contributed by atoms with van der Waals surface area (Å²) < 4.78 is 0. The van der Waals surface area contributed by atoms with E-state index in [-0.39, 0.29) is 5.91 Å². The number of anilines is 1. The Hall–Kier alpha value is -2.29. The molecule has 2 aromatic carbocycles. The molecular formula is C16H18N2O. The first-order chi connectivity index (χ1) is 9.06. The SMILES string of the molecule is Cc1ccc(C(=O)NCc2cccc(N)c2)cc1C. The van der Waals surface area contributed by atoms with Crippen LogP contribution in [0.5, 0.6) is 0 Å². The Kier molecular flexibility index (Phi) is 3.85. The van der Waals surface area contributed by atoms with E-state index in [0.717, 1.165) is 11.1 Å². The highest BCUT2D eigenvalue weighted by atomic mass is 16.1. The number of benzene rings is 2. The molecule has 0 spiro atoms. The minimum Gasteiger partial charge on any atom is -0.399 e. The smallest absolute Gasteiger partial charge is 0.251 e. The number of hydrogen-bond acceptors (Lipinski definition) is 2. The molecule has 0 bridgehead atoms. The van der Waals surface area contributed by atoms with Crippen molar-refractivity contribution in [1.29, 1.82) is 0 Å². The molecule has 0 aliphatic rings. The van der Waals surface area contributed by atoms with Gasteiger partial charge in [-0.25, -0.2) is 0 Å². The molecule has 0 saturated carbocycles. The Morgan fingerprint density at radius 2 is 1.89 bits per heavy atom. The topological polar surface area (TPSA) is 55.1 Å². The van der Waals surface area contributed by atoms with Crippen molar-refractivity contribution in [3.8, 4) is 0 Å². The maximum absolute atomic E-state index is 12.0. The highest BCUT2D eigenvalue weighted by Crippen LogP contribution is 2.10. The van der Waals surface area contributed by atoms with E-state index < -0.39 is 0 Å². The predicted molar refractivity (Wildman–Crippen MR) is 77.9 cm³/mol. The van der Waals surface area contributed by atoms with Gasteiger partial charge < -0.3 is 11.1 Å². The van der Waals surface area contributed by atoms with Gasteiger partial charge in [0.15, 0.2) is 0 Å². The van der Waals surface area contributed by atoms with Crippen molar-refractivity contribution < 1.29 is 4.79 Å². The summed E-state index contributed by atoms with van der Waals surface area (Å²) in [6.45, 7) is 4.52. The van der Waals surface area contributed by atoms with Crippen LogP contribution in [0.4, 0.5) is 5.69 Å². The summed E-state index contributed by atoms with van der Waals surface area (Å²) in [7, 11) is 0. The second-order valence-electron chi connectivity index (χ2n) is 4.73. The minimum absolute atomic E-state index is 0.0643. The zero-order chi connectivity index (χ0) is 13.8. The van der Waals surface area contributed by atoms with Crippen LogP contribution >= 0.6 is 0 Å². The summed E-state index contributed by atoms with van der Waals surface area (Å²) in [5.41, 5.74) is 10.4. The van der Waals surface area contributed by atoms with E-state index in [1.807, 2.05) is 56.3 Å². The average Bonchev–Trinajstić information content (AvgIpc) is 2.39. The van der Waals surface area contributed by atoms with Crippen molar-refractivity contribution in [2.75, 3.05) is 5.73 Å². The van der Waals surface area contributed by atoms with Crippen LogP contribution in [0, 0.1) is 13.8 Å². The van der Waals surface area contributed by atoms with Gasteiger partial charge >= 0.3 is 0 Å². The summed E-state index contributed by atoms with van der Waals surface area (Å²) in [5.74, 6) is -0.0643. The molecule has 0 aliphatic carbocycles. The highest BCUT2D eigenvalue weighted by Gasteiger charge is 2.06. The summed E-state index contributed by atoms with van der Waals surface area (Å²) in [4.78, 5) is 12.0. The first-order valence-electron chi connectivity index (χ1n) is 6.26. The summed E-state index contributed by atoms with van der Waals surface area (Å²) >= 11 is 0. The number of carbonyl (C=O) groups excluding carboxylic acids is 1. The first kappa shape index (κ1) is 13.1. The number of hydrogen-bond donors (Lipinski definition) is 2. The number of nitrogens with one attached hydrogen (secondary N) is 1. The quantitative estimate of drug-likeness (QED) is 0.827. The molecule has 0 fully saturated rings. The van der Waals surface area contributed by atoms with Crippen molar-refractivity contribution in [2.45, 2.75) is 20.4 Å². The zero-order valence-corrected chi connectivity index (χ0v) is 11.2. The molecule has 3 nitrogen and oxygen atoms in total. The molecule has 0 unspecified atom stereocenters. The molecule has 0 saturated heterocycles. The van der Waals surface area contributed by atoms with Gasteiger partial charge in [0.05, 0.1) is 0 Å². The van der Waals surface area contributed by atoms with E-state index in [0.29, 0.717) is 17.8 Å². The van der Waals surface area contributed by atoms with Crippen molar-refractivity contribution in [1.82, 2.24) is 5.32 Å². The Labute approximate surface area is 113 Å². The van der Waals surface area contributed by atoms with Gasteiger partial charge in [-0.15, -0.1) is 0 Å². The maximum atomic E-state index is 12.0. The number of nitrogens with two attached hydrogens (primary N) is 1. The van der Waals surface area contributed by atoms with Crippen LogP contribution in [0.25, 0.3) is 0 Å². The first-order valence-corrected chi connectivity index (χ1v) is 6.26. The Bertz CT molecular complexity index is 605. The van der Waals surface area contributed by atoms with Crippen LogP contribution in [0.3, 0.4) is 0 Å². The number of nitrogen functional groups attached to an aromatic ring is 1. The van der Waals surface area contributed by atoms with Gasteiger partial charge in [0.25, 0.3) is 5.91 Å². The third kappa shape index (κ3) is 3.35. The fraction of sp³-hybridized carbons (Fsp3) is 0.188. The van der Waals surface area contributed by atoms with Gasteiger partial charge in [-0.1, -0.05) is 18.2 Å². The average molecular weight is 254 g/mol. The lowest BCUT2D eigenvalue weighted by Gasteiger charge is -2.08. The van der Waals surface area contributed by atoms with E-state index in [1.54, 1.807) is 0 Å². The minimum atomic E-state index is -0.0643. The highest BCUT2D eigenvalue weighted by molar-refractivity contribution is 5.94.